The number of halogens is 1. The minimum Gasteiger partial charge on any atom is -0.495 e. The van der Waals surface area contributed by atoms with Crippen molar-refractivity contribution in [3.8, 4) is 11.8 Å². The number of esters is 1. The fourth-order valence-corrected chi connectivity index (χ4v) is 1.76. The molecule has 0 saturated heterocycles. The number of ether oxygens (including phenoxy) is 2. The molecular weight excluding hydrogens is 242 g/mol. The highest BCUT2D eigenvalue weighted by atomic mass is 35.5. The maximum Gasteiger partial charge on any atom is 0.310 e. The van der Waals surface area contributed by atoms with E-state index < -0.39 is 0 Å². The first kappa shape index (κ1) is 13.3. The Balaban J connectivity index is 3.08. The fraction of sp³-hybridized carbons (Fsp3) is 0.333. The van der Waals surface area contributed by atoms with E-state index in [1.807, 2.05) is 6.07 Å². The van der Waals surface area contributed by atoms with Crippen molar-refractivity contribution in [2.24, 2.45) is 0 Å². The molecule has 1 aromatic carbocycles. The molecule has 0 aliphatic rings. The molecule has 4 nitrogen and oxygen atoms in total. The molecule has 0 fully saturated rings. The number of carbonyl (C=O) groups excluding carboxylic acids is 1. The second kappa shape index (κ2) is 6.12. The SMILES string of the molecule is CCOC(=O)Cc1cc(C#N)cc(Cl)c1OC. The Kier molecular flexibility index (Phi) is 4.80. The van der Waals surface area contributed by atoms with Crippen LogP contribution in [0.15, 0.2) is 12.1 Å². The van der Waals surface area contributed by atoms with Crippen molar-refractivity contribution in [2.75, 3.05) is 13.7 Å². The molecule has 0 N–H and O–H groups in total. The largest absolute Gasteiger partial charge is 0.495 e. The monoisotopic (exact) mass is 253 g/mol. The first-order valence-corrected chi connectivity index (χ1v) is 5.42. The van der Waals surface area contributed by atoms with Gasteiger partial charge in [0.05, 0.1) is 36.8 Å². The third-order valence-corrected chi connectivity index (χ3v) is 2.37. The van der Waals surface area contributed by atoms with Crippen LogP contribution in [0.4, 0.5) is 0 Å². The van der Waals surface area contributed by atoms with Crippen LogP contribution in [-0.4, -0.2) is 19.7 Å². The summed E-state index contributed by atoms with van der Waals surface area (Å²) in [6.07, 6.45) is 0.0340. The number of benzene rings is 1. The van der Waals surface area contributed by atoms with Crippen LogP contribution in [0.1, 0.15) is 18.1 Å². The summed E-state index contributed by atoms with van der Waals surface area (Å²) in [6, 6.07) is 5.04. The molecule has 90 valence electrons. The molecule has 17 heavy (non-hydrogen) atoms. The van der Waals surface area contributed by atoms with Crippen molar-refractivity contribution < 1.29 is 14.3 Å². The van der Waals surface area contributed by atoms with Crippen molar-refractivity contribution in [1.29, 1.82) is 5.26 Å². The Morgan fingerprint density at radius 2 is 2.24 bits per heavy atom. The Morgan fingerprint density at radius 1 is 1.53 bits per heavy atom. The molecule has 0 aliphatic carbocycles. The summed E-state index contributed by atoms with van der Waals surface area (Å²) in [7, 11) is 1.46. The second-order valence-electron chi connectivity index (χ2n) is 3.24. The number of rotatable bonds is 4. The molecule has 0 atom stereocenters. The molecule has 0 bridgehead atoms. The van der Waals surface area contributed by atoms with E-state index in [2.05, 4.69) is 0 Å². The molecule has 0 heterocycles. The lowest BCUT2D eigenvalue weighted by Crippen LogP contribution is -2.09. The van der Waals surface area contributed by atoms with E-state index in [1.165, 1.54) is 13.2 Å². The average molecular weight is 254 g/mol. The molecule has 0 unspecified atom stereocenters. The van der Waals surface area contributed by atoms with E-state index in [0.717, 1.165) is 0 Å². The van der Waals surface area contributed by atoms with Crippen LogP contribution in [0, 0.1) is 11.3 Å². The smallest absolute Gasteiger partial charge is 0.310 e. The van der Waals surface area contributed by atoms with Crippen LogP contribution in [0.25, 0.3) is 0 Å². The summed E-state index contributed by atoms with van der Waals surface area (Å²) in [5, 5.41) is 9.13. The van der Waals surface area contributed by atoms with Crippen molar-refractivity contribution in [3.63, 3.8) is 0 Å². The van der Waals surface area contributed by atoms with Gasteiger partial charge in [-0.3, -0.25) is 4.79 Å². The summed E-state index contributed by atoms with van der Waals surface area (Å²) in [4.78, 5) is 11.4. The highest BCUT2D eigenvalue weighted by molar-refractivity contribution is 6.32. The molecule has 0 aromatic heterocycles. The molecule has 0 amide bonds. The minimum atomic E-state index is -0.378. The zero-order valence-electron chi connectivity index (χ0n) is 9.62. The molecule has 1 rings (SSSR count). The van der Waals surface area contributed by atoms with E-state index in [-0.39, 0.29) is 12.4 Å². The quantitative estimate of drug-likeness (QED) is 0.773. The Bertz CT molecular complexity index is 466. The molecule has 5 heteroatoms. The van der Waals surface area contributed by atoms with E-state index >= 15 is 0 Å². The number of nitrogens with zero attached hydrogens (tertiary/aromatic N) is 1. The van der Waals surface area contributed by atoms with E-state index in [4.69, 9.17) is 26.3 Å². The van der Waals surface area contributed by atoms with Crippen molar-refractivity contribution in [1.82, 2.24) is 0 Å². The van der Waals surface area contributed by atoms with E-state index in [0.29, 0.717) is 28.5 Å². The number of nitriles is 1. The summed E-state index contributed by atoms with van der Waals surface area (Å²) in [6.45, 7) is 2.04. The van der Waals surface area contributed by atoms with Crippen LogP contribution in [-0.2, 0) is 16.0 Å². The van der Waals surface area contributed by atoms with Gasteiger partial charge in [-0.15, -0.1) is 0 Å². The normalized spacial score (nSPS) is 9.53. The Morgan fingerprint density at radius 3 is 2.76 bits per heavy atom. The highest BCUT2D eigenvalue weighted by Gasteiger charge is 2.14. The lowest BCUT2D eigenvalue weighted by molar-refractivity contribution is -0.142. The number of hydrogen-bond donors (Lipinski definition) is 0. The standard InChI is InChI=1S/C12H12ClNO3/c1-3-17-11(15)6-9-4-8(7-14)5-10(13)12(9)16-2/h4-5H,3,6H2,1-2H3. The van der Waals surface area contributed by atoms with E-state index in [9.17, 15) is 4.79 Å². The summed E-state index contributed by atoms with van der Waals surface area (Å²) in [5.41, 5.74) is 0.935. The average Bonchev–Trinajstić information content (AvgIpc) is 2.28. The zero-order valence-corrected chi connectivity index (χ0v) is 10.4. The summed E-state index contributed by atoms with van der Waals surface area (Å²) >= 11 is 5.95. The maximum atomic E-state index is 11.4. The molecule has 1 aromatic rings. The molecule has 0 aliphatic heterocycles. The van der Waals surface area contributed by atoms with Gasteiger partial charge in [0.2, 0.25) is 0 Å². The molecule has 0 radical (unpaired) electrons. The van der Waals surface area contributed by atoms with Gasteiger partial charge in [0.1, 0.15) is 5.75 Å². The van der Waals surface area contributed by atoms with Crippen molar-refractivity contribution in [2.45, 2.75) is 13.3 Å². The van der Waals surface area contributed by atoms with Crippen LogP contribution < -0.4 is 4.74 Å². The first-order valence-electron chi connectivity index (χ1n) is 5.04. The van der Waals surface area contributed by atoms with Gasteiger partial charge >= 0.3 is 5.97 Å². The van der Waals surface area contributed by atoms with Gasteiger partial charge in [0.25, 0.3) is 0 Å². The van der Waals surface area contributed by atoms with Crippen LogP contribution in [0.2, 0.25) is 5.02 Å². The van der Waals surface area contributed by atoms with Crippen molar-refractivity contribution >= 4 is 17.6 Å². The predicted molar refractivity (Wildman–Crippen MR) is 63.1 cm³/mol. The van der Waals surface area contributed by atoms with Gasteiger partial charge in [0, 0.05) is 5.56 Å². The topological polar surface area (TPSA) is 59.3 Å². The first-order chi connectivity index (χ1) is 8.12. The van der Waals surface area contributed by atoms with Crippen LogP contribution in [0.3, 0.4) is 0 Å². The maximum absolute atomic E-state index is 11.4. The molecule has 0 spiro atoms. The lowest BCUT2D eigenvalue weighted by atomic mass is 10.1. The van der Waals surface area contributed by atoms with Gasteiger partial charge in [-0.2, -0.15) is 5.26 Å². The molecule has 0 saturated carbocycles. The second-order valence-corrected chi connectivity index (χ2v) is 3.65. The zero-order chi connectivity index (χ0) is 12.8. The van der Waals surface area contributed by atoms with Gasteiger partial charge in [-0.05, 0) is 19.1 Å². The van der Waals surface area contributed by atoms with Gasteiger partial charge in [0.15, 0.2) is 0 Å². The third kappa shape index (κ3) is 3.36. The molecular formula is C12H12ClNO3. The van der Waals surface area contributed by atoms with Crippen LogP contribution in [0.5, 0.6) is 5.75 Å². The lowest BCUT2D eigenvalue weighted by Gasteiger charge is -2.10. The number of methoxy groups -OCH3 is 1. The van der Waals surface area contributed by atoms with Gasteiger partial charge < -0.3 is 9.47 Å². The number of carbonyl (C=O) groups is 1. The van der Waals surface area contributed by atoms with E-state index in [1.54, 1.807) is 13.0 Å². The van der Waals surface area contributed by atoms with Gasteiger partial charge in [-0.25, -0.2) is 0 Å². The number of hydrogen-bond acceptors (Lipinski definition) is 4. The summed E-state index contributed by atoms with van der Waals surface area (Å²) < 4.78 is 9.94. The van der Waals surface area contributed by atoms with Gasteiger partial charge in [-0.1, -0.05) is 11.6 Å². The third-order valence-electron chi connectivity index (χ3n) is 2.09. The predicted octanol–water partition coefficient (Wildman–Crippen LogP) is 2.33. The van der Waals surface area contributed by atoms with Crippen molar-refractivity contribution in [3.05, 3.63) is 28.3 Å². The summed E-state index contributed by atoms with van der Waals surface area (Å²) in [5.74, 6) is 0.0238. The minimum absolute atomic E-state index is 0.0340. The van der Waals surface area contributed by atoms with Crippen LogP contribution >= 0.6 is 11.6 Å². The Labute approximate surface area is 105 Å². The Hall–Kier alpha value is -1.73. The highest BCUT2D eigenvalue weighted by Crippen LogP contribution is 2.30. The fourth-order valence-electron chi connectivity index (χ4n) is 1.44.